The molecule has 0 aliphatic heterocycles. The summed E-state index contributed by atoms with van der Waals surface area (Å²) in [6.45, 7) is 1.60. The van der Waals surface area contributed by atoms with Crippen molar-refractivity contribution in [3.05, 3.63) is 0 Å². The Bertz CT molecular complexity index is 256. The van der Waals surface area contributed by atoms with E-state index in [-0.39, 0.29) is 0 Å². The Hall–Kier alpha value is -0.770. The maximum absolute atomic E-state index is 5.86. The Morgan fingerprint density at radius 3 is 2.50 bits per heavy atom. The molecule has 0 aromatic heterocycles. The minimum Gasteiger partial charge on any atom is -0.378 e. The number of rotatable bonds is 6. The monoisotopic (exact) mass is 253 g/mol. The maximum Gasteiger partial charge on any atom is 0.188 e. The van der Waals surface area contributed by atoms with E-state index in [1.54, 1.807) is 0 Å². The van der Waals surface area contributed by atoms with Crippen LogP contribution in [0.2, 0.25) is 0 Å². The van der Waals surface area contributed by atoms with Gasteiger partial charge in [-0.3, -0.25) is 4.99 Å². The number of aliphatic imine (C=N–C) groups is 1. The molecular weight excluding hydrogens is 226 g/mol. The van der Waals surface area contributed by atoms with E-state index in [0.717, 1.165) is 19.6 Å². The second kappa shape index (κ2) is 7.62. The van der Waals surface area contributed by atoms with Crippen LogP contribution >= 0.6 is 0 Å². The molecule has 3 N–H and O–H groups in total. The van der Waals surface area contributed by atoms with Gasteiger partial charge in [-0.2, -0.15) is 0 Å². The van der Waals surface area contributed by atoms with Crippen molar-refractivity contribution in [1.29, 1.82) is 0 Å². The van der Waals surface area contributed by atoms with Crippen LogP contribution in [0, 0.1) is 0 Å². The summed E-state index contributed by atoms with van der Waals surface area (Å²) in [5.41, 5.74) is 5.86. The average Bonchev–Trinajstić information content (AvgIpc) is 3.01. The summed E-state index contributed by atoms with van der Waals surface area (Å²) in [6.07, 6.45) is 11.8. The minimum absolute atomic E-state index is 0.517. The third-order valence-electron chi connectivity index (χ3n) is 3.95. The fourth-order valence-electron chi connectivity index (χ4n) is 2.89. The molecule has 0 radical (unpaired) electrons. The van der Waals surface area contributed by atoms with E-state index >= 15 is 0 Å². The van der Waals surface area contributed by atoms with Gasteiger partial charge in [-0.15, -0.1) is 0 Å². The predicted octanol–water partition coefficient (Wildman–Crippen LogP) is 2.18. The third-order valence-corrected chi connectivity index (χ3v) is 3.95. The Balaban J connectivity index is 1.50. The highest BCUT2D eigenvalue weighted by atomic mass is 16.5. The van der Waals surface area contributed by atoms with Crippen LogP contribution in [0.3, 0.4) is 0 Å². The number of hydrogen-bond acceptors (Lipinski definition) is 2. The van der Waals surface area contributed by atoms with Crippen LogP contribution in [0.5, 0.6) is 0 Å². The zero-order valence-corrected chi connectivity index (χ0v) is 11.4. The molecule has 0 amide bonds. The summed E-state index contributed by atoms with van der Waals surface area (Å²) in [7, 11) is 0. The lowest BCUT2D eigenvalue weighted by molar-refractivity contribution is 0.0579. The zero-order valence-electron chi connectivity index (χ0n) is 11.4. The van der Waals surface area contributed by atoms with Crippen LogP contribution in [0.4, 0.5) is 0 Å². The van der Waals surface area contributed by atoms with Crippen LogP contribution in [0.15, 0.2) is 4.99 Å². The Morgan fingerprint density at radius 2 is 1.78 bits per heavy atom. The van der Waals surface area contributed by atoms with E-state index in [1.807, 2.05) is 0 Å². The van der Waals surface area contributed by atoms with Crippen LogP contribution in [-0.4, -0.2) is 31.3 Å². The van der Waals surface area contributed by atoms with E-state index in [0.29, 0.717) is 18.1 Å². The van der Waals surface area contributed by atoms with Gasteiger partial charge >= 0.3 is 0 Å². The lowest BCUT2D eigenvalue weighted by Crippen LogP contribution is -2.38. The van der Waals surface area contributed by atoms with Gasteiger partial charge in [0.25, 0.3) is 0 Å². The van der Waals surface area contributed by atoms with Crippen LogP contribution in [-0.2, 0) is 4.74 Å². The van der Waals surface area contributed by atoms with Crippen molar-refractivity contribution in [2.75, 3.05) is 13.2 Å². The molecule has 2 aliphatic carbocycles. The van der Waals surface area contributed by atoms with Gasteiger partial charge in [0.2, 0.25) is 0 Å². The topological polar surface area (TPSA) is 59.6 Å². The molecule has 2 aliphatic rings. The predicted molar refractivity (Wildman–Crippen MR) is 74.7 cm³/mol. The number of ether oxygens (including phenoxy) is 1. The van der Waals surface area contributed by atoms with Gasteiger partial charge in [-0.05, 0) is 32.1 Å². The lowest BCUT2D eigenvalue weighted by atomic mass is 10.2. The van der Waals surface area contributed by atoms with Gasteiger partial charge in [0, 0.05) is 19.2 Å². The molecule has 2 saturated carbocycles. The Morgan fingerprint density at radius 1 is 1.11 bits per heavy atom. The van der Waals surface area contributed by atoms with Gasteiger partial charge in [0.15, 0.2) is 5.96 Å². The number of hydrogen-bond donors (Lipinski definition) is 2. The second-order valence-electron chi connectivity index (χ2n) is 5.52. The quantitative estimate of drug-likeness (QED) is 0.433. The molecule has 0 spiro atoms. The van der Waals surface area contributed by atoms with Gasteiger partial charge in [0.05, 0.1) is 6.10 Å². The summed E-state index contributed by atoms with van der Waals surface area (Å²) in [6, 6.07) is 0.559. The SMILES string of the molecule is NC(=NCCCOC1CCCC1)NC1CCCC1. The summed E-state index contributed by atoms with van der Waals surface area (Å²) in [4.78, 5) is 4.36. The molecule has 0 saturated heterocycles. The van der Waals surface area contributed by atoms with Gasteiger partial charge in [0.1, 0.15) is 0 Å². The first-order chi connectivity index (χ1) is 8.84. The molecule has 2 fully saturated rings. The summed E-state index contributed by atoms with van der Waals surface area (Å²) in [5, 5.41) is 3.30. The minimum atomic E-state index is 0.517. The largest absolute Gasteiger partial charge is 0.378 e. The smallest absolute Gasteiger partial charge is 0.188 e. The van der Waals surface area contributed by atoms with Crippen molar-refractivity contribution >= 4 is 5.96 Å². The van der Waals surface area contributed by atoms with Gasteiger partial charge in [-0.1, -0.05) is 25.7 Å². The van der Waals surface area contributed by atoms with Crippen molar-refractivity contribution in [3.63, 3.8) is 0 Å². The number of guanidine groups is 1. The standard InChI is InChI=1S/C14H27N3O/c15-14(17-12-6-1-2-7-12)16-10-5-11-18-13-8-3-4-9-13/h12-13H,1-11H2,(H3,15,16,17). The lowest BCUT2D eigenvalue weighted by Gasteiger charge is -2.12. The first kappa shape index (κ1) is 13.7. The molecule has 0 aromatic rings. The van der Waals surface area contributed by atoms with E-state index in [1.165, 1.54) is 51.4 Å². The molecule has 4 nitrogen and oxygen atoms in total. The Labute approximate surface area is 110 Å². The fourth-order valence-corrected chi connectivity index (χ4v) is 2.89. The van der Waals surface area contributed by atoms with Gasteiger partial charge < -0.3 is 15.8 Å². The third kappa shape index (κ3) is 4.84. The highest BCUT2D eigenvalue weighted by molar-refractivity contribution is 5.78. The first-order valence-electron chi connectivity index (χ1n) is 7.52. The highest BCUT2D eigenvalue weighted by Crippen LogP contribution is 2.20. The van der Waals surface area contributed by atoms with E-state index in [4.69, 9.17) is 10.5 Å². The van der Waals surface area contributed by atoms with Crippen LogP contribution in [0.25, 0.3) is 0 Å². The first-order valence-corrected chi connectivity index (χ1v) is 7.52. The van der Waals surface area contributed by atoms with Crippen LogP contribution in [0.1, 0.15) is 57.8 Å². The molecule has 4 heteroatoms. The normalized spacial score (nSPS) is 22.8. The second-order valence-corrected chi connectivity index (χ2v) is 5.52. The van der Waals surface area contributed by atoms with Crippen molar-refractivity contribution in [1.82, 2.24) is 5.32 Å². The average molecular weight is 253 g/mol. The van der Waals surface area contributed by atoms with Crippen LogP contribution < -0.4 is 11.1 Å². The fraction of sp³-hybridized carbons (Fsp3) is 0.929. The number of nitrogens with two attached hydrogens (primary N) is 1. The molecular formula is C14H27N3O. The van der Waals surface area contributed by atoms with E-state index in [2.05, 4.69) is 10.3 Å². The summed E-state index contributed by atoms with van der Waals surface area (Å²) >= 11 is 0. The van der Waals surface area contributed by atoms with Crippen molar-refractivity contribution in [3.8, 4) is 0 Å². The van der Waals surface area contributed by atoms with Crippen molar-refractivity contribution in [2.45, 2.75) is 69.9 Å². The zero-order chi connectivity index (χ0) is 12.6. The van der Waals surface area contributed by atoms with E-state index in [9.17, 15) is 0 Å². The molecule has 2 rings (SSSR count). The molecule has 0 bridgehead atoms. The number of nitrogens with one attached hydrogen (secondary N) is 1. The molecule has 0 unspecified atom stereocenters. The number of nitrogens with zero attached hydrogens (tertiary/aromatic N) is 1. The molecule has 0 atom stereocenters. The molecule has 0 aromatic carbocycles. The summed E-state index contributed by atoms with van der Waals surface area (Å²) < 4.78 is 5.79. The van der Waals surface area contributed by atoms with Crippen molar-refractivity contribution in [2.24, 2.45) is 10.7 Å². The molecule has 0 heterocycles. The Kier molecular flexibility index (Phi) is 5.78. The highest BCUT2D eigenvalue weighted by Gasteiger charge is 2.15. The van der Waals surface area contributed by atoms with E-state index < -0.39 is 0 Å². The maximum atomic E-state index is 5.86. The van der Waals surface area contributed by atoms with Gasteiger partial charge in [-0.25, -0.2) is 0 Å². The van der Waals surface area contributed by atoms with Crippen molar-refractivity contribution < 1.29 is 4.74 Å². The summed E-state index contributed by atoms with van der Waals surface area (Å²) in [5.74, 6) is 0.614. The molecule has 18 heavy (non-hydrogen) atoms. The molecule has 104 valence electrons.